The minimum Gasteiger partial charge on any atom is -0.479 e. The summed E-state index contributed by atoms with van der Waals surface area (Å²) in [4.78, 5) is 23.5. The smallest absolute Gasteiger partial charge is 0.347 e. The minimum atomic E-state index is -0.590. The van der Waals surface area contributed by atoms with Crippen LogP contribution in [-0.4, -0.2) is 24.5 Å². The highest BCUT2D eigenvalue weighted by Crippen LogP contribution is 2.26. The molecule has 108 valence electrons. The van der Waals surface area contributed by atoms with E-state index in [1.54, 1.807) is 19.1 Å². The van der Waals surface area contributed by atoms with Gasteiger partial charge in [0.2, 0.25) is 0 Å². The zero-order valence-electron chi connectivity index (χ0n) is 12.0. The lowest BCUT2D eigenvalue weighted by molar-refractivity contribution is -0.151. The van der Waals surface area contributed by atoms with E-state index in [-0.39, 0.29) is 11.8 Å². The summed E-state index contributed by atoms with van der Waals surface area (Å²) < 4.78 is 10.7. The van der Waals surface area contributed by atoms with Crippen LogP contribution >= 0.6 is 0 Å². The molecule has 20 heavy (non-hydrogen) atoms. The maximum absolute atomic E-state index is 11.8. The maximum atomic E-state index is 11.8. The molecule has 0 aliphatic heterocycles. The molecule has 0 radical (unpaired) electrons. The molecular formula is C16H20O4. The Hall–Kier alpha value is -1.84. The Kier molecular flexibility index (Phi) is 4.77. The molecule has 1 aromatic carbocycles. The summed E-state index contributed by atoms with van der Waals surface area (Å²) in [5, 5.41) is 0. The third-order valence-corrected chi connectivity index (χ3v) is 3.43. The Bertz CT molecular complexity index is 507. The van der Waals surface area contributed by atoms with Crippen molar-refractivity contribution < 1.29 is 19.1 Å². The van der Waals surface area contributed by atoms with Crippen LogP contribution in [0.1, 0.15) is 49.0 Å². The van der Waals surface area contributed by atoms with Crippen LogP contribution in [-0.2, 0) is 16.0 Å². The van der Waals surface area contributed by atoms with Crippen LogP contribution in [0.3, 0.4) is 0 Å². The Balaban J connectivity index is 2.13. The number of aryl methyl sites for hydroxylation is 1. The van der Waals surface area contributed by atoms with E-state index in [4.69, 9.17) is 9.47 Å². The molecule has 0 heterocycles. The molecule has 0 fully saturated rings. The van der Waals surface area contributed by atoms with Gasteiger partial charge >= 0.3 is 5.97 Å². The van der Waals surface area contributed by atoms with Crippen LogP contribution in [0.5, 0.6) is 5.75 Å². The molecule has 4 nitrogen and oxygen atoms in total. The van der Waals surface area contributed by atoms with Crippen molar-refractivity contribution in [1.82, 2.24) is 0 Å². The number of rotatable bonds is 5. The summed E-state index contributed by atoms with van der Waals surface area (Å²) in [6.07, 6.45) is 2.34. The Labute approximate surface area is 119 Å². The lowest BCUT2D eigenvalue weighted by Gasteiger charge is -2.19. The molecule has 0 N–H and O–H groups in total. The quantitative estimate of drug-likeness (QED) is 0.776. The molecule has 0 aromatic heterocycles. The first-order valence-corrected chi connectivity index (χ1v) is 7.15. The Morgan fingerprint density at radius 1 is 1.30 bits per heavy atom. The van der Waals surface area contributed by atoms with E-state index in [1.165, 1.54) is 0 Å². The molecule has 0 saturated carbocycles. The van der Waals surface area contributed by atoms with Crippen LogP contribution < -0.4 is 4.74 Å². The van der Waals surface area contributed by atoms with E-state index in [0.717, 1.165) is 24.0 Å². The predicted octanol–water partition coefficient (Wildman–Crippen LogP) is 2.93. The molecular weight excluding hydrogens is 256 g/mol. The van der Waals surface area contributed by atoms with Crippen molar-refractivity contribution in [2.45, 2.75) is 45.6 Å². The summed E-state index contributed by atoms with van der Waals surface area (Å²) in [6, 6.07) is 5.42. The molecule has 1 aromatic rings. The minimum absolute atomic E-state index is 0.190. The molecule has 1 unspecified atom stereocenters. The lowest BCUT2D eigenvalue weighted by Crippen LogP contribution is -2.28. The fraction of sp³-hybridized carbons (Fsp3) is 0.500. The number of carbonyl (C=O) groups excluding carboxylic acids is 2. The van der Waals surface area contributed by atoms with Crippen LogP contribution in [0.25, 0.3) is 0 Å². The van der Waals surface area contributed by atoms with Gasteiger partial charge in [-0.15, -0.1) is 0 Å². The maximum Gasteiger partial charge on any atom is 0.347 e. The van der Waals surface area contributed by atoms with Gasteiger partial charge < -0.3 is 9.47 Å². The van der Waals surface area contributed by atoms with E-state index >= 15 is 0 Å². The molecule has 2 rings (SSSR count). The Morgan fingerprint density at radius 3 is 2.80 bits per heavy atom. The zero-order valence-corrected chi connectivity index (χ0v) is 12.0. The van der Waals surface area contributed by atoms with Gasteiger partial charge in [-0.1, -0.05) is 6.92 Å². The molecule has 0 amide bonds. The van der Waals surface area contributed by atoms with Gasteiger partial charge in [-0.05, 0) is 49.9 Å². The lowest BCUT2D eigenvalue weighted by atomic mass is 9.90. The SMILES string of the molecule is CCOC(=O)C(CC)Oc1ccc2c(c1)CCCC2=O. The molecule has 1 aliphatic rings. The third kappa shape index (κ3) is 3.18. The van der Waals surface area contributed by atoms with Gasteiger partial charge in [-0.25, -0.2) is 4.79 Å². The molecule has 0 bridgehead atoms. The average Bonchev–Trinajstić information content (AvgIpc) is 2.45. The number of ketones is 1. The van der Waals surface area contributed by atoms with Crippen molar-refractivity contribution in [3.05, 3.63) is 29.3 Å². The number of hydrogen-bond acceptors (Lipinski definition) is 4. The normalized spacial score (nSPS) is 15.4. The highest BCUT2D eigenvalue weighted by Gasteiger charge is 2.21. The van der Waals surface area contributed by atoms with Crippen molar-refractivity contribution in [1.29, 1.82) is 0 Å². The zero-order chi connectivity index (χ0) is 14.5. The van der Waals surface area contributed by atoms with Crippen molar-refractivity contribution in [3.63, 3.8) is 0 Å². The summed E-state index contributed by atoms with van der Waals surface area (Å²) in [5.41, 5.74) is 1.80. The monoisotopic (exact) mass is 276 g/mol. The number of hydrogen-bond donors (Lipinski definition) is 0. The van der Waals surface area contributed by atoms with Gasteiger partial charge in [0.25, 0.3) is 0 Å². The molecule has 4 heteroatoms. The predicted molar refractivity (Wildman–Crippen MR) is 75.1 cm³/mol. The first-order chi connectivity index (χ1) is 9.65. The number of Topliss-reactive ketones (excluding diaryl/α,β-unsaturated/α-hetero) is 1. The molecule has 0 saturated heterocycles. The van der Waals surface area contributed by atoms with Gasteiger partial charge in [-0.3, -0.25) is 4.79 Å². The van der Waals surface area contributed by atoms with Crippen molar-refractivity contribution in [2.75, 3.05) is 6.61 Å². The van der Waals surface area contributed by atoms with Gasteiger partial charge in [-0.2, -0.15) is 0 Å². The third-order valence-electron chi connectivity index (χ3n) is 3.43. The van der Waals surface area contributed by atoms with E-state index in [9.17, 15) is 9.59 Å². The second-order valence-corrected chi connectivity index (χ2v) is 4.86. The summed E-state index contributed by atoms with van der Waals surface area (Å²) in [6.45, 7) is 4.00. The topological polar surface area (TPSA) is 52.6 Å². The van der Waals surface area contributed by atoms with Crippen molar-refractivity contribution >= 4 is 11.8 Å². The summed E-state index contributed by atoms with van der Waals surface area (Å²) in [5.74, 6) is 0.470. The van der Waals surface area contributed by atoms with Crippen LogP contribution in [0.15, 0.2) is 18.2 Å². The van der Waals surface area contributed by atoms with Gasteiger partial charge in [0, 0.05) is 12.0 Å². The summed E-state index contributed by atoms with van der Waals surface area (Å²) in [7, 11) is 0. The van der Waals surface area contributed by atoms with Gasteiger partial charge in [0.05, 0.1) is 6.61 Å². The van der Waals surface area contributed by atoms with E-state index in [1.807, 2.05) is 13.0 Å². The van der Waals surface area contributed by atoms with Crippen LogP contribution in [0.2, 0.25) is 0 Å². The Morgan fingerprint density at radius 2 is 2.10 bits per heavy atom. The first-order valence-electron chi connectivity index (χ1n) is 7.15. The fourth-order valence-corrected chi connectivity index (χ4v) is 2.39. The van der Waals surface area contributed by atoms with Gasteiger partial charge in [0.15, 0.2) is 11.9 Å². The molecule has 1 aliphatic carbocycles. The molecule has 0 spiro atoms. The number of fused-ring (bicyclic) bond motifs is 1. The second-order valence-electron chi connectivity index (χ2n) is 4.86. The number of esters is 1. The van der Waals surface area contributed by atoms with Crippen LogP contribution in [0, 0.1) is 0 Å². The highest BCUT2D eigenvalue weighted by atomic mass is 16.6. The summed E-state index contributed by atoms with van der Waals surface area (Å²) >= 11 is 0. The average molecular weight is 276 g/mol. The van der Waals surface area contributed by atoms with Gasteiger partial charge in [0.1, 0.15) is 5.75 Å². The number of benzene rings is 1. The van der Waals surface area contributed by atoms with Crippen LogP contribution in [0.4, 0.5) is 0 Å². The first kappa shape index (κ1) is 14.6. The molecule has 1 atom stereocenters. The standard InChI is InChI=1S/C16H20O4/c1-3-15(16(18)19-4-2)20-12-8-9-13-11(10-12)6-5-7-14(13)17/h8-10,15H,3-7H2,1-2H3. The highest BCUT2D eigenvalue weighted by molar-refractivity contribution is 5.98. The van der Waals surface area contributed by atoms with E-state index in [2.05, 4.69) is 0 Å². The number of ether oxygens (including phenoxy) is 2. The fourth-order valence-electron chi connectivity index (χ4n) is 2.39. The largest absolute Gasteiger partial charge is 0.479 e. The number of carbonyl (C=O) groups is 2. The van der Waals surface area contributed by atoms with Crippen molar-refractivity contribution in [3.8, 4) is 5.75 Å². The van der Waals surface area contributed by atoms with E-state index in [0.29, 0.717) is 25.2 Å². The van der Waals surface area contributed by atoms with Crippen molar-refractivity contribution in [2.24, 2.45) is 0 Å². The second kappa shape index (κ2) is 6.55. The van der Waals surface area contributed by atoms with E-state index < -0.39 is 6.10 Å².